The summed E-state index contributed by atoms with van der Waals surface area (Å²) in [5.74, 6) is -1.32. The molecule has 0 spiro atoms. The van der Waals surface area contributed by atoms with Gasteiger partial charge in [0.05, 0.1) is 0 Å². The monoisotopic (exact) mass is 260 g/mol. The zero-order chi connectivity index (χ0) is 14.0. The average Bonchev–Trinajstić information content (AvgIpc) is 2.39. The second-order valence-corrected chi connectivity index (χ2v) is 3.35. The summed E-state index contributed by atoms with van der Waals surface area (Å²) in [6, 6.07) is 0. The molecule has 0 aromatic rings. The molecule has 0 rings (SSSR count). The van der Waals surface area contributed by atoms with Crippen molar-refractivity contribution in [2.45, 2.75) is 39.3 Å². The van der Waals surface area contributed by atoms with Crippen molar-refractivity contribution in [1.82, 2.24) is 0 Å². The van der Waals surface area contributed by atoms with Gasteiger partial charge in [0, 0.05) is 39.2 Å². The van der Waals surface area contributed by atoms with Crippen LogP contribution in [0.15, 0.2) is 12.2 Å². The number of hydrogen-bond acceptors (Lipinski definition) is 6. The van der Waals surface area contributed by atoms with Crippen LogP contribution in [0.1, 0.15) is 26.7 Å². The first-order valence-electron chi connectivity index (χ1n) is 5.72. The smallest absolute Gasteiger partial charge is 0.333 e. The van der Waals surface area contributed by atoms with Crippen LogP contribution in [-0.4, -0.2) is 38.7 Å². The topological polar surface area (TPSA) is 71.1 Å². The van der Waals surface area contributed by atoms with Crippen molar-refractivity contribution in [1.29, 1.82) is 0 Å². The molecule has 0 heterocycles. The molecule has 2 atom stereocenters. The lowest BCUT2D eigenvalue weighted by Crippen LogP contribution is -2.19. The van der Waals surface area contributed by atoms with E-state index in [2.05, 4.69) is 0 Å². The van der Waals surface area contributed by atoms with Crippen LogP contribution in [0.4, 0.5) is 0 Å². The summed E-state index contributed by atoms with van der Waals surface area (Å²) in [6.45, 7) is 3.62. The van der Waals surface area contributed by atoms with Gasteiger partial charge >= 0.3 is 11.9 Å². The summed E-state index contributed by atoms with van der Waals surface area (Å²) in [5, 5.41) is 0. The van der Waals surface area contributed by atoms with Crippen LogP contribution in [-0.2, 0) is 28.5 Å². The maximum absolute atomic E-state index is 11.3. The number of methoxy groups -OCH3 is 2. The largest absolute Gasteiger partial charge is 0.433 e. The van der Waals surface area contributed by atoms with Gasteiger partial charge in [-0.15, -0.1) is 0 Å². The van der Waals surface area contributed by atoms with Crippen molar-refractivity contribution in [2.24, 2.45) is 0 Å². The van der Waals surface area contributed by atoms with E-state index in [1.807, 2.05) is 13.8 Å². The summed E-state index contributed by atoms with van der Waals surface area (Å²) in [4.78, 5) is 22.5. The number of carbonyl (C=O) groups is 2. The van der Waals surface area contributed by atoms with Gasteiger partial charge in [-0.2, -0.15) is 0 Å². The second-order valence-electron chi connectivity index (χ2n) is 3.35. The summed E-state index contributed by atoms with van der Waals surface area (Å²) < 4.78 is 19.5. The molecule has 6 heteroatoms. The van der Waals surface area contributed by atoms with E-state index in [1.165, 1.54) is 14.2 Å². The van der Waals surface area contributed by atoms with E-state index in [-0.39, 0.29) is 0 Å². The Bertz CT molecular complexity index is 250. The zero-order valence-electron chi connectivity index (χ0n) is 11.2. The molecule has 0 aromatic heterocycles. The first-order valence-corrected chi connectivity index (χ1v) is 5.72. The van der Waals surface area contributed by atoms with Gasteiger partial charge in [0.25, 0.3) is 0 Å². The Morgan fingerprint density at radius 2 is 1.22 bits per heavy atom. The van der Waals surface area contributed by atoms with E-state index in [4.69, 9.17) is 18.9 Å². The summed E-state index contributed by atoms with van der Waals surface area (Å²) in [7, 11) is 2.87. The van der Waals surface area contributed by atoms with Crippen molar-refractivity contribution in [3.63, 3.8) is 0 Å². The molecule has 104 valence electrons. The van der Waals surface area contributed by atoms with E-state index < -0.39 is 24.5 Å². The van der Waals surface area contributed by atoms with E-state index in [0.29, 0.717) is 12.8 Å². The number of carbonyl (C=O) groups excluding carboxylic acids is 2. The molecule has 18 heavy (non-hydrogen) atoms. The zero-order valence-corrected chi connectivity index (χ0v) is 11.2. The van der Waals surface area contributed by atoms with Gasteiger partial charge in [-0.3, -0.25) is 0 Å². The first kappa shape index (κ1) is 16.6. The number of ether oxygens (including phenoxy) is 4. The molecule has 0 N–H and O–H groups in total. The number of rotatable bonds is 8. The average molecular weight is 260 g/mol. The highest BCUT2D eigenvalue weighted by Gasteiger charge is 2.11. The van der Waals surface area contributed by atoms with Crippen molar-refractivity contribution >= 4 is 11.9 Å². The molecule has 0 aliphatic heterocycles. The molecule has 0 saturated heterocycles. The molecule has 0 aliphatic rings. The molecular weight excluding hydrogens is 240 g/mol. The van der Waals surface area contributed by atoms with Crippen LogP contribution in [0.25, 0.3) is 0 Å². The first-order chi connectivity index (χ1) is 8.57. The highest BCUT2D eigenvalue weighted by Crippen LogP contribution is 2.01. The molecule has 0 aliphatic carbocycles. The van der Waals surface area contributed by atoms with Crippen molar-refractivity contribution in [3.8, 4) is 0 Å². The molecule has 0 amide bonds. The van der Waals surface area contributed by atoms with Crippen LogP contribution in [0.3, 0.4) is 0 Å². The van der Waals surface area contributed by atoms with Crippen molar-refractivity contribution in [3.05, 3.63) is 12.2 Å². The molecular formula is C12H20O6. The summed E-state index contributed by atoms with van der Waals surface area (Å²) in [5.41, 5.74) is 0. The van der Waals surface area contributed by atoms with Gasteiger partial charge in [-0.05, 0) is 0 Å². The maximum Gasteiger partial charge on any atom is 0.333 e. The fourth-order valence-corrected chi connectivity index (χ4v) is 1.07. The van der Waals surface area contributed by atoms with Gasteiger partial charge in [-0.1, -0.05) is 13.8 Å². The Hall–Kier alpha value is -1.40. The summed E-state index contributed by atoms with van der Waals surface area (Å²) >= 11 is 0. The normalized spacial score (nSPS) is 14.2. The predicted molar refractivity (Wildman–Crippen MR) is 63.5 cm³/mol. The van der Waals surface area contributed by atoms with E-state index >= 15 is 0 Å². The lowest BCUT2D eigenvalue weighted by molar-refractivity contribution is -0.170. The Morgan fingerprint density at radius 3 is 1.44 bits per heavy atom. The fraction of sp³-hybridized carbons (Fsp3) is 0.667. The van der Waals surface area contributed by atoms with Crippen molar-refractivity contribution < 1.29 is 28.5 Å². The van der Waals surface area contributed by atoms with E-state index in [0.717, 1.165) is 12.2 Å². The Labute approximate surface area is 107 Å². The van der Waals surface area contributed by atoms with E-state index in [9.17, 15) is 9.59 Å². The van der Waals surface area contributed by atoms with Gasteiger partial charge in [-0.25, -0.2) is 9.59 Å². The van der Waals surface area contributed by atoms with Crippen LogP contribution in [0.2, 0.25) is 0 Å². The molecule has 0 radical (unpaired) electrons. The highest BCUT2D eigenvalue weighted by atomic mass is 16.7. The molecule has 0 bridgehead atoms. The fourth-order valence-electron chi connectivity index (χ4n) is 1.07. The van der Waals surface area contributed by atoms with Crippen LogP contribution in [0, 0.1) is 0 Å². The minimum Gasteiger partial charge on any atom is -0.433 e. The molecule has 2 unspecified atom stereocenters. The van der Waals surface area contributed by atoms with Crippen LogP contribution >= 0.6 is 0 Å². The predicted octanol–water partition coefficient (Wildman–Crippen LogP) is 1.39. The summed E-state index contributed by atoms with van der Waals surface area (Å²) in [6.07, 6.45) is 1.82. The van der Waals surface area contributed by atoms with Gasteiger partial charge in [0.2, 0.25) is 12.6 Å². The second kappa shape index (κ2) is 9.61. The van der Waals surface area contributed by atoms with Gasteiger partial charge in [0.15, 0.2) is 0 Å². The lowest BCUT2D eigenvalue weighted by atomic mass is 10.4. The third-order valence-corrected chi connectivity index (χ3v) is 2.04. The Balaban J connectivity index is 4.13. The quantitative estimate of drug-likeness (QED) is 0.373. The van der Waals surface area contributed by atoms with Gasteiger partial charge in [0.1, 0.15) is 0 Å². The van der Waals surface area contributed by atoms with Gasteiger partial charge < -0.3 is 18.9 Å². The van der Waals surface area contributed by atoms with Crippen LogP contribution in [0.5, 0.6) is 0 Å². The lowest BCUT2D eigenvalue weighted by Gasteiger charge is -2.13. The minimum atomic E-state index is -0.661. The number of hydrogen-bond donors (Lipinski definition) is 0. The Morgan fingerprint density at radius 1 is 0.889 bits per heavy atom. The maximum atomic E-state index is 11.3. The number of esters is 2. The molecule has 6 nitrogen and oxygen atoms in total. The third-order valence-electron chi connectivity index (χ3n) is 2.04. The Kier molecular flexibility index (Phi) is 8.86. The van der Waals surface area contributed by atoms with Crippen LogP contribution < -0.4 is 0 Å². The molecule has 0 fully saturated rings. The third kappa shape index (κ3) is 7.03. The standard InChI is InChI=1S/C12H20O6/c1-5-11(15-3)17-9(13)7-8-10(14)18-12(6-2)16-4/h7-8,11-12H,5-6H2,1-4H3/b8-7-. The van der Waals surface area contributed by atoms with E-state index in [1.54, 1.807) is 0 Å². The molecule has 0 saturated carbocycles. The SMILES string of the molecule is CCC(OC)OC(=O)/C=C\C(=O)OC(CC)OC. The minimum absolute atomic E-state index is 0.530. The highest BCUT2D eigenvalue weighted by molar-refractivity contribution is 5.91. The molecule has 0 aromatic carbocycles. The van der Waals surface area contributed by atoms with Crippen molar-refractivity contribution in [2.75, 3.05) is 14.2 Å².